The molecule has 0 radical (unpaired) electrons. The number of unbranched alkanes of at least 4 members (excludes halogenated alkanes) is 52. The summed E-state index contributed by atoms with van der Waals surface area (Å²) in [6.07, 6.45) is 64.0. The molecule has 99 heavy (non-hydrogen) atoms. The van der Waals surface area contributed by atoms with E-state index in [2.05, 4.69) is 34.6 Å². The number of esters is 4. The van der Waals surface area contributed by atoms with Crippen molar-refractivity contribution in [1.82, 2.24) is 0 Å². The average molecular weight is 1450 g/mol. The van der Waals surface area contributed by atoms with Gasteiger partial charge in [0.25, 0.3) is 0 Å². The molecule has 0 aromatic heterocycles. The third-order valence-corrected chi connectivity index (χ3v) is 20.7. The SMILES string of the molecule is CCCCCCCCCCCCCCCCCCCCCCCCC(=O)O[C@H](COC(=O)CCCCCCCCCCCCCCCC)COP(=O)(O)OC[C@@H](O)COP(=O)(O)OC[C@@H](COC(=O)CCCCCCCCCC(C)C)OC(=O)CCCCCCCCCCCCCCC. The summed E-state index contributed by atoms with van der Waals surface area (Å²) in [4.78, 5) is 72.9. The minimum atomic E-state index is -4.96. The third-order valence-electron chi connectivity index (χ3n) is 18.8. The van der Waals surface area contributed by atoms with Crippen molar-refractivity contribution in [2.75, 3.05) is 39.6 Å². The highest BCUT2D eigenvalue weighted by atomic mass is 31.2. The maximum atomic E-state index is 13.1. The van der Waals surface area contributed by atoms with Crippen LogP contribution in [-0.4, -0.2) is 96.7 Å². The van der Waals surface area contributed by atoms with Crippen molar-refractivity contribution in [1.29, 1.82) is 0 Å². The molecular weight excluding hydrogens is 1290 g/mol. The van der Waals surface area contributed by atoms with Crippen LogP contribution in [0.25, 0.3) is 0 Å². The lowest BCUT2D eigenvalue weighted by Crippen LogP contribution is -2.30. The summed E-state index contributed by atoms with van der Waals surface area (Å²) in [5, 5.41) is 10.6. The Morgan fingerprint density at radius 2 is 0.465 bits per heavy atom. The number of phosphoric ester groups is 2. The fraction of sp³-hybridized carbons (Fsp3) is 0.950. The first kappa shape index (κ1) is 97.1. The van der Waals surface area contributed by atoms with Gasteiger partial charge in [0, 0.05) is 25.7 Å². The first-order valence-electron chi connectivity index (χ1n) is 41.6. The molecule has 588 valence electrons. The van der Waals surface area contributed by atoms with Gasteiger partial charge in [0.05, 0.1) is 26.4 Å². The monoisotopic (exact) mass is 1450 g/mol. The summed E-state index contributed by atoms with van der Waals surface area (Å²) >= 11 is 0. The van der Waals surface area contributed by atoms with E-state index < -0.39 is 97.5 Å². The zero-order valence-electron chi connectivity index (χ0n) is 64.6. The predicted octanol–water partition coefficient (Wildman–Crippen LogP) is 24.0. The standard InChI is InChI=1S/C80H156O17P2/c1-6-9-12-15-18-21-24-27-29-30-31-32-33-34-35-36-39-42-45-50-56-61-66-80(85)96-75(69-90-77(82)63-58-53-48-43-40-38-28-25-22-19-16-13-10-7-2)71-94-98(86,87)92-67-74(81)68-93-99(88,89)95-72-76(70-91-78(83)64-59-54-51-46-47-52-57-62-73(4)5)97-79(84)65-60-55-49-44-41-37-26-23-20-17-14-11-8-3/h73-76,81H,6-72H2,1-5H3,(H,86,87)(H,88,89)/t74-,75-,76-/m1/s1. The topological polar surface area (TPSA) is 237 Å². The van der Waals surface area contributed by atoms with E-state index in [1.54, 1.807) is 0 Å². The van der Waals surface area contributed by atoms with Gasteiger partial charge in [-0.1, -0.05) is 375 Å². The Hall–Kier alpha value is -1.94. The summed E-state index contributed by atoms with van der Waals surface area (Å²) in [6.45, 7) is 7.26. The quantitative estimate of drug-likeness (QED) is 0.0222. The number of hydrogen-bond acceptors (Lipinski definition) is 15. The van der Waals surface area contributed by atoms with Crippen LogP contribution in [-0.2, 0) is 65.4 Å². The molecule has 0 spiro atoms. The molecule has 0 amide bonds. The van der Waals surface area contributed by atoms with Crippen LogP contribution in [0.15, 0.2) is 0 Å². The Morgan fingerprint density at radius 3 is 0.687 bits per heavy atom. The Kier molecular flexibility index (Phi) is 71.6. The molecule has 0 aromatic carbocycles. The molecule has 0 saturated heterocycles. The molecule has 2 unspecified atom stereocenters. The molecule has 3 N–H and O–H groups in total. The molecule has 0 saturated carbocycles. The molecule has 0 aliphatic heterocycles. The molecule has 0 rings (SSSR count). The van der Waals surface area contributed by atoms with E-state index in [4.69, 9.17) is 37.0 Å². The normalized spacial score (nSPS) is 13.9. The van der Waals surface area contributed by atoms with Gasteiger partial charge in [-0.05, 0) is 31.6 Å². The van der Waals surface area contributed by atoms with E-state index >= 15 is 0 Å². The molecule has 19 heteroatoms. The fourth-order valence-corrected chi connectivity index (χ4v) is 14.0. The Balaban J connectivity index is 5.19. The minimum absolute atomic E-state index is 0.107. The molecule has 0 aliphatic rings. The van der Waals surface area contributed by atoms with Crippen molar-refractivity contribution in [3.05, 3.63) is 0 Å². The second-order valence-electron chi connectivity index (χ2n) is 29.3. The fourth-order valence-electron chi connectivity index (χ4n) is 12.4. The lowest BCUT2D eigenvalue weighted by Gasteiger charge is -2.21. The number of carbonyl (C=O) groups excluding carboxylic acids is 4. The van der Waals surface area contributed by atoms with Crippen molar-refractivity contribution >= 4 is 39.5 Å². The molecule has 0 aromatic rings. The summed E-state index contributed by atoms with van der Waals surface area (Å²) in [7, 11) is -9.91. The number of hydrogen-bond donors (Lipinski definition) is 3. The van der Waals surface area contributed by atoms with E-state index in [0.29, 0.717) is 31.6 Å². The molecule has 5 atom stereocenters. The number of carbonyl (C=O) groups is 4. The molecule has 0 bridgehead atoms. The molecule has 0 heterocycles. The lowest BCUT2D eigenvalue weighted by atomic mass is 10.0. The number of rotatable bonds is 80. The van der Waals surface area contributed by atoms with Gasteiger partial charge in [0.1, 0.15) is 19.3 Å². The van der Waals surface area contributed by atoms with E-state index in [1.165, 1.54) is 244 Å². The number of aliphatic hydroxyl groups excluding tert-OH is 1. The zero-order valence-corrected chi connectivity index (χ0v) is 66.4. The van der Waals surface area contributed by atoms with Gasteiger partial charge in [-0.15, -0.1) is 0 Å². The highest BCUT2D eigenvalue weighted by Crippen LogP contribution is 2.45. The van der Waals surface area contributed by atoms with Crippen molar-refractivity contribution in [3.63, 3.8) is 0 Å². The Labute approximate surface area is 607 Å². The maximum Gasteiger partial charge on any atom is 0.472 e. The van der Waals surface area contributed by atoms with Crippen molar-refractivity contribution in [2.24, 2.45) is 5.92 Å². The predicted molar refractivity (Wildman–Crippen MR) is 405 cm³/mol. The Morgan fingerprint density at radius 1 is 0.273 bits per heavy atom. The van der Waals surface area contributed by atoms with Crippen LogP contribution in [0.2, 0.25) is 0 Å². The van der Waals surface area contributed by atoms with Gasteiger partial charge in [0.2, 0.25) is 0 Å². The minimum Gasteiger partial charge on any atom is -0.462 e. The summed E-state index contributed by atoms with van der Waals surface area (Å²) in [5.41, 5.74) is 0. The van der Waals surface area contributed by atoms with Gasteiger partial charge in [0.15, 0.2) is 12.2 Å². The van der Waals surface area contributed by atoms with Crippen molar-refractivity contribution < 1.29 is 80.2 Å². The van der Waals surface area contributed by atoms with Crippen LogP contribution in [0.3, 0.4) is 0 Å². The van der Waals surface area contributed by atoms with E-state index in [9.17, 15) is 43.2 Å². The molecule has 0 aliphatic carbocycles. The lowest BCUT2D eigenvalue weighted by molar-refractivity contribution is -0.161. The number of phosphoric acid groups is 2. The molecular formula is C80H156O17P2. The Bertz CT molecular complexity index is 1890. The smallest absolute Gasteiger partial charge is 0.462 e. The molecule has 0 fully saturated rings. The van der Waals surface area contributed by atoms with Gasteiger partial charge >= 0.3 is 39.5 Å². The van der Waals surface area contributed by atoms with Crippen LogP contribution < -0.4 is 0 Å². The number of ether oxygens (including phenoxy) is 4. The van der Waals surface area contributed by atoms with Gasteiger partial charge in [-0.25, -0.2) is 9.13 Å². The van der Waals surface area contributed by atoms with E-state index in [0.717, 1.165) is 96.3 Å². The second kappa shape index (κ2) is 73.0. The largest absolute Gasteiger partial charge is 0.472 e. The highest BCUT2D eigenvalue weighted by molar-refractivity contribution is 7.47. The summed E-state index contributed by atoms with van der Waals surface area (Å²) < 4.78 is 68.6. The van der Waals surface area contributed by atoms with Crippen LogP contribution in [0, 0.1) is 5.92 Å². The first-order chi connectivity index (χ1) is 48.0. The van der Waals surface area contributed by atoms with E-state index in [1.807, 2.05) is 0 Å². The highest BCUT2D eigenvalue weighted by Gasteiger charge is 2.30. The van der Waals surface area contributed by atoms with Crippen molar-refractivity contribution in [2.45, 2.75) is 445 Å². The van der Waals surface area contributed by atoms with Crippen molar-refractivity contribution in [3.8, 4) is 0 Å². The maximum absolute atomic E-state index is 13.1. The molecule has 17 nitrogen and oxygen atoms in total. The summed E-state index contributed by atoms with van der Waals surface area (Å²) in [6, 6.07) is 0. The van der Waals surface area contributed by atoms with Crippen LogP contribution in [0.4, 0.5) is 0 Å². The van der Waals surface area contributed by atoms with Crippen LogP contribution in [0.5, 0.6) is 0 Å². The van der Waals surface area contributed by atoms with Gasteiger partial charge < -0.3 is 33.8 Å². The van der Waals surface area contributed by atoms with Gasteiger partial charge in [-0.2, -0.15) is 0 Å². The number of aliphatic hydroxyl groups is 1. The van der Waals surface area contributed by atoms with Gasteiger partial charge in [-0.3, -0.25) is 37.3 Å². The average Bonchev–Trinajstić information content (AvgIpc) is 1.08. The third kappa shape index (κ3) is 74.1. The van der Waals surface area contributed by atoms with Crippen LogP contribution >= 0.6 is 15.6 Å². The second-order valence-corrected chi connectivity index (χ2v) is 32.2. The first-order valence-corrected chi connectivity index (χ1v) is 44.6. The van der Waals surface area contributed by atoms with Crippen LogP contribution in [0.1, 0.15) is 426 Å². The summed E-state index contributed by atoms with van der Waals surface area (Å²) in [5.74, 6) is -1.40. The van der Waals surface area contributed by atoms with E-state index in [-0.39, 0.29) is 25.7 Å². The zero-order chi connectivity index (χ0) is 72.7.